The van der Waals surface area contributed by atoms with Crippen LogP contribution in [0.3, 0.4) is 0 Å². The van der Waals surface area contributed by atoms with Gasteiger partial charge in [-0.15, -0.1) is 0 Å². The maximum Gasteiger partial charge on any atom is 0.408 e. The van der Waals surface area contributed by atoms with Crippen LogP contribution in [-0.2, 0) is 27.3 Å². The van der Waals surface area contributed by atoms with Crippen LogP contribution in [0.15, 0.2) is 36.5 Å². The third-order valence-corrected chi connectivity index (χ3v) is 9.33. The summed E-state index contributed by atoms with van der Waals surface area (Å²) in [6, 6.07) is 9.02. The highest BCUT2D eigenvalue weighted by atomic mass is 19.4. The van der Waals surface area contributed by atoms with Crippen LogP contribution < -0.4 is 10.6 Å². The molecular weight excluding hydrogens is 589 g/mol. The average molecular weight is 629 g/mol. The minimum absolute atomic E-state index is 0.0169. The fraction of sp³-hybridized carbons (Fsp3) is 0.594. The molecule has 13 heteroatoms. The molecule has 1 aliphatic carbocycles. The maximum atomic E-state index is 13.6. The number of nitrogens with zero attached hydrogens (tertiary/aromatic N) is 4. The van der Waals surface area contributed by atoms with Gasteiger partial charge >= 0.3 is 12.3 Å². The van der Waals surface area contributed by atoms with Crippen LogP contribution in [0.5, 0.6) is 0 Å². The van der Waals surface area contributed by atoms with Crippen LogP contribution in [-0.4, -0.2) is 57.5 Å². The van der Waals surface area contributed by atoms with E-state index in [-0.39, 0.29) is 31.3 Å². The van der Waals surface area contributed by atoms with Crippen molar-refractivity contribution in [3.8, 4) is 0 Å². The summed E-state index contributed by atoms with van der Waals surface area (Å²) in [6.07, 6.45) is 2.99. The highest BCUT2D eigenvalue weighted by Gasteiger charge is 2.45. The summed E-state index contributed by atoms with van der Waals surface area (Å²) in [5.74, 6) is -2.42. The molecular formula is C32H39F3N6O4. The van der Waals surface area contributed by atoms with Gasteiger partial charge in [0.05, 0.1) is 35.2 Å². The fourth-order valence-corrected chi connectivity index (χ4v) is 6.83. The van der Waals surface area contributed by atoms with Gasteiger partial charge in [-0.3, -0.25) is 4.79 Å². The van der Waals surface area contributed by atoms with Crippen LogP contribution in [0, 0.1) is 17.8 Å². The zero-order valence-corrected chi connectivity index (χ0v) is 25.1. The number of hydrogen-bond acceptors (Lipinski definition) is 7. The molecule has 3 atom stereocenters. The van der Waals surface area contributed by atoms with Gasteiger partial charge in [-0.1, -0.05) is 49.6 Å². The van der Waals surface area contributed by atoms with E-state index in [9.17, 15) is 22.8 Å². The summed E-state index contributed by atoms with van der Waals surface area (Å²) in [7, 11) is 0. The zero-order chi connectivity index (χ0) is 31.4. The molecule has 242 valence electrons. The molecule has 2 amide bonds. The van der Waals surface area contributed by atoms with Crippen molar-refractivity contribution < 1.29 is 32.2 Å². The molecule has 1 saturated carbocycles. The van der Waals surface area contributed by atoms with Crippen LogP contribution in [0.25, 0.3) is 5.78 Å². The summed E-state index contributed by atoms with van der Waals surface area (Å²) in [6.45, 7) is 0.801. The van der Waals surface area contributed by atoms with Crippen molar-refractivity contribution in [2.24, 2.45) is 17.8 Å². The van der Waals surface area contributed by atoms with Gasteiger partial charge in [0, 0.05) is 38.0 Å². The highest BCUT2D eigenvalue weighted by molar-refractivity contribution is 5.79. The van der Waals surface area contributed by atoms with E-state index in [1.807, 2.05) is 30.3 Å². The first kappa shape index (κ1) is 31.3. The van der Waals surface area contributed by atoms with Crippen LogP contribution in [0.1, 0.15) is 86.0 Å². The number of benzene rings is 1. The van der Waals surface area contributed by atoms with Crippen molar-refractivity contribution in [1.29, 1.82) is 0 Å². The summed E-state index contributed by atoms with van der Waals surface area (Å²) in [5, 5.41) is 10.3. The summed E-state index contributed by atoms with van der Waals surface area (Å²) in [5.41, 5.74) is 2.62. The quantitative estimate of drug-likeness (QED) is 0.342. The average Bonchev–Trinajstić information content (AvgIpc) is 3.46. The molecule has 2 aliphatic heterocycles. The molecule has 3 fully saturated rings. The molecule has 10 nitrogen and oxygen atoms in total. The van der Waals surface area contributed by atoms with Crippen LogP contribution in [0.2, 0.25) is 0 Å². The van der Waals surface area contributed by atoms with Gasteiger partial charge in [-0.25, -0.2) is 19.3 Å². The lowest BCUT2D eigenvalue weighted by molar-refractivity contribution is -0.183. The van der Waals surface area contributed by atoms with Gasteiger partial charge in [-0.05, 0) is 43.6 Å². The van der Waals surface area contributed by atoms with E-state index in [4.69, 9.17) is 24.5 Å². The van der Waals surface area contributed by atoms with E-state index in [2.05, 4.69) is 10.6 Å². The van der Waals surface area contributed by atoms with Gasteiger partial charge in [0.1, 0.15) is 6.61 Å². The Bertz CT molecular complexity index is 1470. The number of halogens is 3. The summed E-state index contributed by atoms with van der Waals surface area (Å²) < 4.78 is 53.3. The van der Waals surface area contributed by atoms with Gasteiger partial charge in [0.2, 0.25) is 5.91 Å². The normalized spacial score (nSPS) is 22.6. The topological polar surface area (TPSA) is 120 Å². The summed E-state index contributed by atoms with van der Waals surface area (Å²) >= 11 is 0. The lowest BCUT2D eigenvalue weighted by atomic mass is 9.83. The van der Waals surface area contributed by atoms with E-state index < -0.39 is 42.6 Å². The van der Waals surface area contributed by atoms with E-state index in [0.29, 0.717) is 48.9 Å². The van der Waals surface area contributed by atoms with E-state index in [1.54, 1.807) is 6.20 Å². The number of carbonyl (C=O) groups excluding carboxylic acids is 2. The number of fused-ring (bicyclic) bond motifs is 1. The predicted octanol–water partition coefficient (Wildman–Crippen LogP) is 5.42. The molecule has 0 unspecified atom stereocenters. The van der Waals surface area contributed by atoms with Crippen molar-refractivity contribution in [3.05, 3.63) is 59.2 Å². The molecule has 0 radical (unpaired) electrons. The Balaban J connectivity index is 1.29. The van der Waals surface area contributed by atoms with Crippen molar-refractivity contribution in [1.82, 2.24) is 30.2 Å². The maximum absolute atomic E-state index is 13.6. The third-order valence-electron chi connectivity index (χ3n) is 9.33. The molecule has 45 heavy (non-hydrogen) atoms. The monoisotopic (exact) mass is 628 g/mol. The summed E-state index contributed by atoms with van der Waals surface area (Å²) in [4.78, 5) is 35.4. The number of piperidine rings is 1. The highest BCUT2D eigenvalue weighted by Crippen LogP contribution is 2.37. The van der Waals surface area contributed by atoms with Crippen LogP contribution in [0.4, 0.5) is 18.0 Å². The Morgan fingerprint density at radius 3 is 2.58 bits per heavy atom. The second kappa shape index (κ2) is 13.7. The number of nitrogens with one attached hydrogen (secondary N) is 2. The lowest BCUT2D eigenvalue weighted by Gasteiger charge is -2.31. The minimum atomic E-state index is -4.40. The number of carbonyl (C=O) groups is 2. The molecule has 0 spiro atoms. The number of rotatable bonds is 8. The van der Waals surface area contributed by atoms with Gasteiger partial charge in [0.15, 0.2) is 0 Å². The number of alkyl halides is 3. The van der Waals surface area contributed by atoms with Gasteiger partial charge in [-0.2, -0.15) is 18.3 Å². The van der Waals surface area contributed by atoms with Gasteiger partial charge < -0.3 is 20.1 Å². The number of imidazole rings is 1. The Morgan fingerprint density at radius 1 is 1.09 bits per heavy atom. The smallest absolute Gasteiger partial charge is 0.408 e. The molecule has 3 aromatic rings. The first-order valence-corrected chi connectivity index (χ1v) is 15.9. The second-order valence-electron chi connectivity index (χ2n) is 12.4. The number of hydrogen-bond donors (Lipinski definition) is 2. The molecule has 0 bridgehead atoms. The van der Waals surface area contributed by atoms with Crippen molar-refractivity contribution in [2.45, 2.75) is 82.5 Å². The Labute approximate surface area is 259 Å². The zero-order valence-electron chi connectivity index (χ0n) is 25.1. The van der Waals surface area contributed by atoms with E-state index in [1.165, 1.54) is 4.52 Å². The first-order valence-electron chi connectivity index (χ1n) is 15.9. The van der Waals surface area contributed by atoms with Crippen LogP contribution >= 0.6 is 0 Å². The third kappa shape index (κ3) is 7.57. The Kier molecular flexibility index (Phi) is 9.53. The predicted molar refractivity (Wildman–Crippen MR) is 157 cm³/mol. The molecule has 1 aromatic carbocycles. The molecule has 6 rings (SSSR count). The minimum Gasteiger partial charge on any atom is -0.445 e. The van der Waals surface area contributed by atoms with E-state index in [0.717, 1.165) is 37.7 Å². The molecule has 4 heterocycles. The Hall–Kier alpha value is -3.74. The Morgan fingerprint density at radius 2 is 1.84 bits per heavy atom. The lowest BCUT2D eigenvalue weighted by Crippen LogP contribution is -2.47. The van der Waals surface area contributed by atoms with Gasteiger partial charge in [0.25, 0.3) is 5.78 Å². The SMILES string of the molecule is O=C(N[C@H](c1cn2nc(C[C@H]3C[C@@H](C(F)(F)F)CNC3=O)c(C3CCOCC3)nc2n1)C1CCCCC1)OCc1ccccc1. The van der Waals surface area contributed by atoms with Crippen molar-refractivity contribution in [3.63, 3.8) is 0 Å². The number of aromatic nitrogens is 4. The molecule has 3 aliphatic rings. The van der Waals surface area contributed by atoms with Crippen molar-refractivity contribution >= 4 is 17.8 Å². The molecule has 2 aromatic heterocycles. The number of alkyl carbamates (subject to hydrolysis) is 1. The first-order chi connectivity index (χ1) is 21.7. The number of amides is 2. The van der Waals surface area contributed by atoms with Crippen molar-refractivity contribution in [2.75, 3.05) is 19.8 Å². The molecule has 2 N–H and O–H groups in total. The largest absolute Gasteiger partial charge is 0.445 e. The molecule has 2 saturated heterocycles. The second-order valence-corrected chi connectivity index (χ2v) is 12.4. The van der Waals surface area contributed by atoms with E-state index >= 15 is 0 Å². The number of ether oxygens (including phenoxy) is 2. The standard InChI is InChI=1S/C32H39F3N6O4/c33-32(34,35)24-15-23(29(42)36-17-24)16-25-27(22-11-13-44-14-12-22)38-30-37-26(18-41(30)40-25)28(21-9-5-2-6-10-21)39-31(43)45-19-20-7-3-1-4-8-20/h1,3-4,7-8,18,21-24,28H,2,5-6,9-17,19H2,(H,36,42)(H,39,43)/t23-,24-,28+/m1/s1. The fourth-order valence-electron chi connectivity index (χ4n) is 6.83.